The Hall–Kier alpha value is -1.29. The van der Waals surface area contributed by atoms with Crippen molar-refractivity contribution in [2.24, 2.45) is 0 Å². The largest absolute Gasteiger partial charge is 0.477 e. The summed E-state index contributed by atoms with van der Waals surface area (Å²) in [5.41, 5.74) is 0.562. The minimum atomic E-state index is -1.14. The van der Waals surface area contributed by atoms with Gasteiger partial charge in [0.1, 0.15) is 5.69 Å². The highest BCUT2D eigenvalue weighted by atomic mass is 35.5. The Labute approximate surface area is 118 Å². The molecule has 0 fully saturated rings. The van der Waals surface area contributed by atoms with Gasteiger partial charge >= 0.3 is 5.97 Å². The van der Waals surface area contributed by atoms with Gasteiger partial charge in [-0.05, 0) is 24.3 Å². The van der Waals surface area contributed by atoms with Crippen LogP contribution in [0.2, 0.25) is 15.1 Å². The van der Waals surface area contributed by atoms with E-state index in [0.29, 0.717) is 15.6 Å². The second-order valence-electron chi connectivity index (χ2n) is 3.43. The van der Waals surface area contributed by atoms with Crippen LogP contribution in [0.1, 0.15) is 10.5 Å². The first-order chi connectivity index (χ1) is 8.50. The first kappa shape index (κ1) is 13.1. The first-order valence-corrected chi connectivity index (χ1v) is 5.98. The second kappa shape index (κ2) is 5.14. The number of carbonyl (C=O) groups is 1. The van der Waals surface area contributed by atoms with Crippen molar-refractivity contribution in [2.75, 3.05) is 0 Å². The Bertz CT molecular complexity index is 608. The first-order valence-electron chi connectivity index (χ1n) is 4.85. The smallest absolute Gasteiger partial charge is 0.354 e. The highest BCUT2D eigenvalue weighted by Crippen LogP contribution is 2.37. The fourth-order valence-electron chi connectivity index (χ4n) is 1.46. The van der Waals surface area contributed by atoms with Crippen LogP contribution in [-0.2, 0) is 0 Å². The third-order valence-corrected chi connectivity index (χ3v) is 3.20. The lowest BCUT2D eigenvalue weighted by Crippen LogP contribution is -2.01. The summed E-state index contributed by atoms with van der Waals surface area (Å²) < 4.78 is 0. The molecule has 2 rings (SSSR count). The fourth-order valence-corrected chi connectivity index (χ4v) is 2.24. The molecule has 3 nitrogen and oxygen atoms in total. The number of aromatic carboxylic acids is 1. The minimum Gasteiger partial charge on any atom is -0.477 e. The molecule has 6 heteroatoms. The van der Waals surface area contributed by atoms with E-state index in [1.165, 1.54) is 12.1 Å². The van der Waals surface area contributed by atoms with Gasteiger partial charge in [0.25, 0.3) is 0 Å². The summed E-state index contributed by atoms with van der Waals surface area (Å²) in [4.78, 5) is 14.9. The number of rotatable bonds is 2. The molecule has 92 valence electrons. The van der Waals surface area contributed by atoms with Crippen LogP contribution >= 0.6 is 34.8 Å². The van der Waals surface area contributed by atoms with Crippen LogP contribution in [0, 0.1) is 0 Å². The second-order valence-corrected chi connectivity index (χ2v) is 4.65. The molecule has 2 aromatic rings. The molecule has 0 atom stereocenters. The van der Waals surface area contributed by atoms with E-state index in [0.717, 1.165) is 0 Å². The van der Waals surface area contributed by atoms with Crippen LogP contribution in [-0.4, -0.2) is 16.1 Å². The molecule has 0 aliphatic heterocycles. The summed E-state index contributed by atoms with van der Waals surface area (Å²) in [6.45, 7) is 0. The quantitative estimate of drug-likeness (QED) is 0.894. The molecule has 0 amide bonds. The van der Waals surface area contributed by atoms with E-state index < -0.39 is 5.97 Å². The molecule has 1 aromatic heterocycles. The third kappa shape index (κ3) is 2.43. The number of hydrogen-bond acceptors (Lipinski definition) is 2. The zero-order valence-electron chi connectivity index (χ0n) is 8.82. The molecule has 0 unspecified atom stereocenters. The van der Waals surface area contributed by atoms with Crippen LogP contribution in [0.5, 0.6) is 0 Å². The Kier molecular flexibility index (Phi) is 3.76. The highest BCUT2D eigenvalue weighted by Gasteiger charge is 2.16. The van der Waals surface area contributed by atoms with E-state index in [2.05, 4.69) is 4.98 Å². The van der Waals surface area contributed by atoms with Crippen LogP contribution in [0.15, 0.2) is 30.3 Å². The van der Waals surface area contributed by atoms with Crippen LogP contribution in [0.4, 0.5) is 0 Å². The van der Waals surface area contributed by atoms with Gasteiger partial charge in [-0.1, -0.05) is 40.9 Å². The normalized spacial score (nSPS) is 10.4. The minimum absolute atomic E-state index is 0.120. The number of carboxylic acids is 1. The Morgan fingerprint density at radius 2 is 1.61 bits per heavy atom. The Balaban J connectivity index is 2.70. The van der Waals surface area contributed by atoms with Crippen molar-refractivity contribution in [3.8, 4) is 11.3 Å². The maximum atomic E-state index is 10.9. The number of nitrogens with zero attached hydrogens (tertiary/aromatic N) is 1. The standard InChI is InChI=1S/C12H6Cl3NO2/c13-6-2-1-3-7(14)10(6)11-8(15)4-5-9(16-11)12(17)18/h1-5H,(H,17,18). The van der Waals surface area contributed by atoms with Crippen LogP contribution < -0.4 is 0 Å². The Morgan fingerprint density at radius 1 is 1.00 bits per heavy atom. The monoisotopic (exact) mass is 301 g/mol. The molecule has 1 N–H and O–H groups in total. The predicted molar refractivity (Wildman–Crippen MR) is 71.7 cm³/mol. The van der Waals surface area contributed by atoms with E-state index in [4.69, 9.17) is 39.9 Å². The summed E-state index contributed by atoms with van der Waals surface area (Å²) in [7, 11) is 0. The van der Waals surface area contributed by atoms with E-state index in [9.17, 15) is 4.79 Å². The third-order valence-electron chi connectivity index (χ3n) is 2.26. The highest BCUT2D eigenvalue weighted by molar-refractivity contribution is 6.40. The molecule has 1 heterocycles. The van der Waals surface area contributed by atoms with Crippen molar-refractivity contribution >= 4 is 40.8 Å². The van der Waals surface area contributed by atoms with E-state index in [-0.39, 0.29) is 16.4 Å². The topological polar surface area (TPSA) is 50.2 Å². The maximum absolute atomic E-state index is 10.9. The van der Waals surface area contributed by atoms with Crippen molar-refractivity contribution in [1.29, 1.82) is 0 Å². The van der Waals surface area contributed by atoms with Crippen LogP contribution in [0.25, 0.3) is 11.3 Å². The molecule has 1 aromatic carbocycles. The van der Waals surface area contributed by atoms with Gasteiger partial charge in [0.2, 0.25) is 0 Å². The summed E-state index contributed by atoms with van der Waals surface area (Å²) in [5, 5.41) is 9.92. The molecule has 0 spiro atoms. The van der Waals surface area contributed by atoms with Gasteiger partial charge in [0.15, 0.2) is 0 Å². The predicted octanol–water partition coefficient (Wildman–Crippen LogP) is 4.41. The molecular weight excluding hydrogens is 296 g/mol. The van der Waals surface area contributed by atoms with Gasteiger partial charge in [0, 0.05) is 5.56 Å². The molecule has 0 aliphatic rings. The molecular formula is C12H6Cl3NO2. The summed E-state index contributed by atoms with van der Waals surface area (Å²) >= 11 is 18.1. The van der Waals surface area contributed by atoms with Crippen molar-refractivity contribution in [3.05, 3.63) is 51.1 Å². The average molecular weight is 303 g/mol. The molecule has 0 bridgehead atoms. The SMILES string of the molecule is O=C(O)c1ccc(Cl)c(-c2c(Cl)cccc2Cl)n1. The number of carboxylic acid groups (broad SMARTS) is 1. The van der Waals surface area contributed by atoms with Gasteiger partial charge in [-0.25, -0.2) is 9.78 Å². The number of halogens is 3. The van der Waals surface area contributed by atoms with Gasteiger partial charge in [-0.15, -0.1) is 0 Å². The number of benzene rings is 1. The Morgan fingerprint density at radius 3 is 2.17 bits per heavy atom. The summed E-state index contributed by atoms with van der Waals surface area (Å²) in [5.74, 6) is -1.14. The lowest BCUT2D eigenvalue weighted by atomic mass is 10.1. The van der Waals surface area contributed by atoms with Crippen molar-refractivity contribution in [3.63, 3.8) is 0 Å². The lowest BCUT2D eigenvalue weighted by Gasteiger charge is -2.08. The maximum Gasteiger partial charge on any atom is 0.354 e. The van der Waals surface area contributed by atoms with Gasteiger partial charge in [0.05, 0.1) is 20.8 Å². The molecule has 18 heavy (non-hydrogen) atoms. The number of aromatic nitrogens is 1. The van der Waals surface area contributed by atoms with E-state index in [1.54, 1.807) is 18.2 Å². The summed E-state index contributed by atoms with van der Waals surface area (Å²) in [6, 6.07) is 7.72. The summed E-state index contributed by atoms with van der Waals surface area (Å²) in [6.07, 6.45) is 0. The lowest BCUT2D eigenvalue weighted by molar-refractivity contribution is 0.0690. The number of pyridine rings is 1. The van der Waals surface area contributed by atoms with Crippen molar-refractivity contribution < 1.29 is 9.90 Å². The van der Waals surface area contributed by atoms with E-state index in [1.807, 2.05) is 0 Å². The zero-order chi connectivity index (χ0) is 13.3. The van der Waals surface area contributed by atoms with Gasteiger partial charge in [-0.3, -0.25) is 0 Å². The zero-order valence-corrected chi connectivity index (χ0v) is 11.1. The molecule has 0 saturated heterocycles. The molecule has 0 radical (unpaired) electrons. The van der Waals surface area contributed by atoms with E-state index >= 15 is 0 Å². The van der Waals surface area contributed by atoms with Crippen molar-refractivity contribution in [2.45, 2.75) is 0 Å². The fraction of sp³-hybridized carbons (Fsp3) is 0. The molecule has 0 aliphatic carbocycles. The van der Waals surface area contributed by atoms with Crippen LogP contribution in [0.3, 0.4) is 0 Å². The van der Waals surface area contributed by atoms with Crippen molar-refractivity contribution in [1.82, 2.24) is 4.98 Å². The van der Waals surface area contributed by atoms with Gasteiger partial charge in [-0.2, -0.15) is 0 Å². The average Bonchev–Trinajstić information content (AvgIpc) is 2.30. The van der Waals surface area contributed by atoms with Gasteiger partial charge < -0.3 is 5.11 Å². The molecule has 0 saturated carbocycles. The number of hydrogen-bond donors (Lipinski definition) is 1.